The second-order valence-electron chi connectivity index (χ2n) is 3.60. The van der Waals surface area contributed by atoms with Gasteiger partial charge in [-0.25, -0.2) is 0 Å². The Kier molecular flexibility index (Phi) is 2.64. The molecule has 0 atom stereocenters. The zero-order valence-electron chi connectivity index (χ0n) is 7.05. The summed E-state index contributed by atoms with van der Waals surface area (Å²) in [5, 5.41) is -0.832. The van der Waals surface area contributed by atoms with Crippen molar-refractivity contribution < 1.29 is 9.59 Å². The highest BCUT2D eigenvalue weighted by atomic mass is 28.4. The van der Waals surface area contributed by atoms with Crippen LogP contribution < -0.4 is 5.73 Å². The van der Waals surface area contributed by atoms with E-state index in [1.807, 2.05) is 0 Å². The van der Waals surface area contributed by atoms with E-state index in [0.717, 1.165) is 0 Å². The van der Waals surface area contributed by atoms with Gasteiger partial charge in [-0.3, -0.25) is 0 Å². The molecule has 0 aromatic carbocycles. The van der Waals surface area contributed by atoms with E-state index in [1.165, 1.54) is 0 Å². The van der Waals surface area contributed by atoms with Crippen LogP contribution in [-0.4, -0.2) is 23.3 Å². The van der Waals surface area contributed by atoms with Gasteiger partial charge in [0.05, 0.1) is 5.16 Å². The Morgan fingerprint density at radius 2 is 1.60 bits per heavy atom. The molecule has 0 aromatic heterocycles. The first-order valence-electron chi connectivity index (χ1n) is 3.43. The van der Waals surface area contributed by atoms with Gasteiger partial charge in [-0.2, -0.15) is 0 Å². The Bertz CT molecular complexity index is 117. The molecule has 0 spiro atoms. The lowest BCUT2D eigenvalue weighted by molar-refractivity contribution is 0.299. The lowest BCUT2D eigenvalue weighted by atomic mass is 10.4. The maximum absolute atomic E-state index is 9.50. The molecule has 4 N–H and O–H groups in total. The summed E-state index contributed by atoms with van der Waals surface area (Å²) in [6.45, 7) is 6.86. The highest BCUT2D eigenvalue weighted by Crippen LogP contribution is 2.23. The third-order valence-corrected chi connectivity index (χ3v) is 5.26. The van der Waals surface area contributed by atoms with Gasteiger partial charge >= 0.3 is 8.56 Å². The molecule has 3 nitrogen and oxygen atoms in total. The molecule has 0 amide bonds. The molecule has 62 valence electrons. The fraction of sp³-hybridized carbons (Fsp3) is 1.00. The van der Waals surface area contributed by atoms with Crippen molar-refractivity contribution in [3.05, 3.63) is 0 Å². The second kappa shape index (κ2) is 2.62. The highest BCUT2D eigenvalue weighted by molar-refractivity contribution is 6.69. The topological polar surface area (TPSA) is 66.5 Å². The molecule has 0 aromatic rings. The molecule has 4 heteroatoms. The molecule has 0 saturated heterocycles. The third-order valence-electron chi connectivity index (χ3n) is 1.75. The van der Waals surface area contributed by atoms with Crippen molar-refractivity contribution in [3.8, 4) is 0 Å². The number of rotatable bonds is 2. The van der Waals surface area contributed by atoms with Crippen LogP contribution in [0.4, 0.5) is 0 Å². The van der Waals surface area contributed by atoms with Crippen LogP contribution >= 0.6 is 0 Å². The Balaban J connectivity index is 4.40. The molecule has 0 aliphatic rings. The van der Waals surface area contributed by atoms with E-state index in [0.29, 0.717) is 0 Å². The van der Waals surface area contributed by atoms with Crippen LogP contribution in [0, 0.1) is 0 Å². The molecular weight excluding hydrogens is 146 g/mol. The summed E-state index contributed by atoms with van der Waals surface area (Å²) in [5.74, 6) is 0. The van der Waals surface area contributed by atoms with Crippen LogP contribution in [0.1, 0.15) is 27.7 Å². The summed E-state index contributed by atoms with van der Waals surface area (Å²) in [6, 6.07) is 0. The zero-order chi connectivity index (χ0) is 8.58. The Hall–Kier alpha value is 0.0969. The normalized spacial score (nSPS) is 14.4. The van der Waals surface area contributed by atoms with Crippen LogP contribution in [0.2, 0.25) is 5.54 Å². The molecule has 0 radical (unpaired) electrons. The fourth-order valence-electron chi connectivity index (χ4n) is 0.744. The van der Waals surface area contributed by atoms with Gasteiger partial charge in [-0.05, 0) is 19.4 Å². The van der Waals surface area contributed by atoms with Gasteiger partial charge in [0.1, 0.15) is 0 Å². The van der Waals surface area contributed by atoms with E-state index in [-0.39, 0.29) is 5.54 Å². The average molecular weight is 163 g/mol. The van der Waals surface area contributed by atoms with Crippen molar-refractivity contribution in [1.29, 1.82) is 0 Å². The largest absolute Gasteiger partial charge is 0.409 e. The molecule has 0 unspecified atom stereocenters. The molecule has 0 saturated carbocycles. The number of hydrogen-bond donors (Lipinski definition) is 3. The van der Waals surface area contributed by atoms with Crippen LogP contribution in [-0.2, 0) is 0 Å². The minimum absolute atomic E-state index is 0.118. The van der Waals surface area contributed by atoms with Gasteiger partial charge in [0.25, 0.3) is 0 Å². The maximum Gasteiger partial charge on any atom is 0.355 e. The Morgan fingerprint density at radius 3 is 1.60 bits per heavy atom. The monoisotopic (exact) mass is 163 g/mol. The lowest BCUT2D eigenvalue weighted by Gasteiger charge is -2.34. The average Bonchev–Trinajstić information content (AvgIpc) is 1.62. The standard InChI is InChI=1S/C6H17NO2Si/c1-5(2)10(8,9)6(3,4)7/h5,8-9H,7H2,1-4H3. The van der Waals surface area contributed by atoms with E-state index in [9.17, 15) is 9.59 Å². The zero-order valence-corrected chi connectivity index (χ0v) is 8.05. The minimum atomic E-state index is -3.20. The quantitative estimate of drug-likeness (QED) is 0.506. The molecule has 0 rings (SSSR count). The first-order chi connectivity index (χ1) is 4.19. The summed E-state index contributed by atoms with van der Waals surface area (Å²) in [7, 11) is -3.20. The first-order valence-corrected chi connectivity index (χ1v) is 5.40. The van der Waals surface area contributed by atoms with Crippen LogP contribution in [0.25, 0.3) is 0 Å². The minimum Gasteiger partial charge on any atom is -0.409 e. The number of hydrogen-bond acceptors (Lipinski definition) is 3. The predicted octanol–water partition coefficient (Wildman–Crippen LogP) is 0.0997. The molecule has 10 heavy (non-hydrogen) atoms. The maximum atomic E-state index is 9.50. The SMILES string of the molecule is CC(C)[Si](O)(O)C(C)(C)N. The summed E-state index contributed by atoms with van der Waals surface area (Å²) in [4.78, 5) is 19.0. The van der Waals surface area contributed by atoms with Crippen LogP contribution in [0.15, 0.2) is 0 Å². The summed E-state index contributed by atoms with van der Waals surface area (Å²) in [5.41, 5.74) is 5.46. The van der Waals surface area contributed by atoms with E-state index in [1.54, 1.807) is 27.7 Å². The fourth-order valence-corrected chi connectivity index (χ4v) is 2.23. The molecular formula is C6H17NO2Si. The van der Waals surface area contributed by atoms with Crippen LogP contribution in [0.5, 0.6) is 0 Å². The molecule has 0 fully saturated rings. The van der Waals surface area contributed by atoms with Crippen molar-refractivity contribution in [2.75, 3.05) is 0 Å². The molecule has 0 aliphatic carbocycles. The highest BCUT2D eigenvalue weighted by Gasteiger charge is 2.46. The molecule has 0 heterocycles. The first kappa shape index (κ1) is 10.1. The molecule has 0 bridgehead atoms. The van der Waals surface area contributed by atoms with Crippen molar-refractivity contribution in [2.45, 2.75) is 38.4 Å². The number of nitrogens with two attached hydrogens (primary N) is 1. The van der Waals surface area contributed by atoms with Gasteiger partial charge in [-0.1, -0.05) is 13.8 Å². The van der Waals surface area contributed by atoms with Crippen molar-refractivity contribution in [2.24, 2.45) is 5.73 Å². The Morgan fingerprint density at radius 1 is 1.30 bits per heavy atom. The van der Waals surface area contributed by atoms with Gasteiger partial charge in [0.2, 0.25) is 0 Å². The van der Waals surface area contributed by atoms with Gasteiger partial charge in [0.15, 0.2) is 0 Å². The van der Waals surface area contributed by atoms with E-state index < -0.39 is 13.7 Å². The molecule has 0 aliphatic heterocycles. The predicted molar refractivity (Wildman–Crippen MR) is 43.6 cm³/mol. The summed E-state index contributed by atoms with van der Waals surface area (Å²) < 4.78 is 0. The van der Waals surface area contributed by atoms with Crippen LogP contribution in [0.3, 0.4) is 0 Å². The second-order valence-corrected chi connectivity index (χ2v) is 7.50. The smallest absolute Gasteiger partial charge is 0.355 e. The van der Waals surface area contributed by atoms with Crippen molar-refractivity contribution in [3.63, 3.8) is 0 Å². The van der Waals surface area contributed by atoms with Crippen molar-refractivity contribution in [1.82, 2.24) is 0 Å². The van der Waals surface area contributed by atoms with Gasteiger partial charge in [-0.15, -0.1) is 0 Å². The van der Waals surface area contributed by atoms with Crippen molar-refractivity contribution >= 4 is 8.56 Å². The van der Waals surface area contributed by atoms with E-state index in [2.05, 4.69) is 0 Å². The Labute approximate surface area is 63.1 Å². The van der Waals surface area contributed by atoms with E-state index in [4.69, 9.17) is 5.73 Å². The third kappa shape index (κ3) is 1.79. The van der Waals surface area contributed by atoms with E-state index >= 15 is 0 Å². The summed E-state index contributed by atoms with van der Waals surface area (Å²) in [6.07, 6.45) is 0. The van der Waals surface area contributed by atoms with Gasteiger partial charge < -0.3 is 15.3 Å². The van der Waals surface area contributed by atoms with Gasteiger partial charge in [0, 0.05) is 0 Å². The lowest BCUT2D eigenvalue weighted by Crippen LogP contribution is -2.63. The summed E-state index contributed by atoms with van der Waals surface area (Å²) >= 11 is 0.